The lowest BCUT2D eigenvalue weighted by Crippen LogP contribution is -2.36. The summed E-state index contributed by atoms with van der Waals surface area (Å²) < 4.78 is 34.1. The average molecular weight is 443 g/mol. The minimum absolute atomic E-state index is 0.0276. The standard InChI is InChI=1S/C20H21N5O5S/c1-14-10-15(30-22-14)12-24(31(28,29)16-11-21-23(2)13-16)8-5-9-25-19(26)17-6-3-4-7-18(17)20(25)27/h3-4,6-7,10-11,13H,5,8-9,12H2,1-2H3. The largest absolute Gasteiger partial charge is 0.360 e. The molecular weight excluding hydrogens is 422 g/mol. The molecule has 0 saturated carbocycles. The van der Waals surface area contributed by atoms with Crippen LogP contribution in [0.4, 0.5) is 0 Å². The van der Waals surface area contributed by atoms with Crippen LogP contribution in [0.15, 0.2) is 52.1 Å². The van der Waals surface area contributed by atoms with Gasteiger partial charge in [-0.25, -0.2) is 8.42 Å². The number of aromatic nitrogens is 3. The van der Waals surface area contributed by atoms with Crippen molar-refractivity contribution < 1.29 is 22.5 Å². The van der Waals surface area contributed by atoms with E-state index in [1.54, 1.807) is 44.3 Å². The molecule has 0 saturated heterocycles. The molecule has 3 heterocycles. The zero-order valence-corrected chi connectivity index (χ0v) is 17.9. The summed E-state index contributed by atoms with van der Waals surface area (Å²) in [7, 11) is -2.24. The van der Waals surface area contributed by atoms with Gasteiger partial charge >= 0.3 is 0 Å². The van der Waals surface area contributed by atoms with E-state index in [1.807, 2.05) is 0 Å². The zero-order chi connectivity index (χ0) is 22.2. The van der Waals surface area contributed by atoms with Crippen LogP contribution in [0.25, 0.3) is 0 Å². The normalized spacial score (nSPS) is 14.0. The number of carbonyl (C=O) groups excluding carboxylic acids is 2. The van der Waals surface area contributed by atoms with Crippen molar-refractivity contribution in [3.63, 3.8) is 0 Å². The van der Waals surface area contributed by atoms with Crippen LogP contribution < -0.4 is 0 Å². The number of sulfonamides is 1. The fourth-order valence-corrected chi connectivity index (χ4v) is 4.91. The number of carbonyl (C=O) groups is 2. The van der Waals surface area contributed by atoms with Gasteiger partial charge in [0, 0.05) is 32.4 Å². The number of amides is 2. The molecule has 0 spiro atoms. The molecule has 0 bridgehead atoms. The van der Waals surface area contributed by atoms with E-state index >= 15 is 0 Å². The van der Waals surface area contributed by atoms with Gasteiger partial charge in [0.2, 0.25) is 10.0 Å². The summed E-state index contributed by atoms with van der Waals surface area (Å²) in [5.41, 5.74) is 1.37. The lowest BCUT2D eigenvalue weighted by atomic mass is 10.1. The maximum absolute atomic E-state index is 13.2. The molecule has 1 aliphatic rings. The van der Waals surface area contributed by atoms with Crippen LogP contribution in [0.1, 0.15) is 38.6 Å². The fourth-order valence-electron chi connectivity index (χ4n) is 3.48. The van der Waals surface area contributed by atoms with Crippen LogP contribution in [0.5, 0.6) is 0 Å². The molecule has 0 unspecified atom stereocenters. The fraction of sp³-hybridized carbons (Fsp3) is 0.300. The first-order chi connectivity index (χ1) is 14.8. The molecule has 4 rings (SSSR count). The van der Waals surface area contributed by atoms with Crippen molar-refractivity contribution in [2.75, 3.05) is 13.1 Å². The van der Waals surface area contributed by atoms with E-state index in [4.69, 9.17) is 4.52 Å². The van der Waals surface area contributed by atoms with Crippen LogP contribution in [0, 0.1) is 6.92 Å². The average Bonchev–Trinajstić information content (AvgIpc) is 3.42. The van der Waals surface area contributed by atoms with Gasteiger partial charge in [-0.15, -0.1) is 0 Å². The number of nitrogens with zero attached hydrogens (tertiary/aromatic N) is 5. The highest BCUT2D eigenvalue weighted by Gasteiger charge is 2.35. The highest BCUT2D eigenvalue weighted by molar-refractivity contribution is 7.89. The quantitative estimate of drug-likeness (QED) is 0.485. The van der Waals surface area contributed by atoms with Gasteiger partial charge in [-0.2, -0.15) is 9.40 Å². The monoisotopic (exact) mass is 443 g/mol. The molecular formula is C20H21N5O5S. The summed E-state index contributed by atoms with van der Waals surface area (Å²) in [5, 5.41) is 7.74. The minimum Gasteiger partial charge on any atom is -0.360 e. The molecule has 10 nitrogen and oxygen atoms in total. The van der Waals surface area contributed by atoms with Gasteiger partial charge in [0.05, 0.1) is 29.6 Å². The zero-order valence-electron chi connectivity index (χ0n) is 17.1. The van der Waals surface area contributed by atoms with Crippen molar-refractivity contribution in [1.29, 1.82) is 0 Å². The summed E-state index contributed by atoms with van der Waals surface area (Å²) in [5.74, 6) is -0.341. The van der Waals surface area contributed by atoms with Crippen LogP contribution in [-0.2, 0) is 23.6 Å². The summed E-state index contributed by atoms with van der Waals surface area (Å²) in [6.45, 7) is 1.89. The summed E-state index contributed by atoms with van der Waals surface area (Å²) in [6, 6.07) is 8.29. The molecule has 0 radical (unpaired) electrons. The predicted molar refractivity (Wildman–Crippen MR) is 108 cm³/mol. The third-order valence-electron chi connectivity index (χ3n) is 5.00. The molecule has 162 valence electrons. The van der Waals surface area contributed by atoms with E-state index in [0.717, 1.165) is 4.90 Å². The SMILES string of the molecule is Cc1cc(CN(CCCN2C(=O)c3ccccc3C2=O)S(=O)(=O)c2cnn(C)c2)on1. The van der Waals surface area contributed by atoms with Crippen LogP contribution >= 0.6 is 0 Å². The molecule has 0 aliphatic carbocycles. The molecule has 3 aromatic rings. The summed E-state index contributed by atoms with van der Waals surface area (Å²) >= 11 is 0. The Hall–Kier alpha value is -3.31. The summed E-state index contributed by atoms with van der Waals surface area (Å²) in [4.78, 5) is 26.3. The van der Waals surface area contributed by atoms with Gasteiger partial charge in [-0.3, -0.25) is 19.2 Å². The molecule has 1 aliphatic heterocycles. The molecule has 0 N–H and O–H groups in total. The second kappa shape index (κ2) is 8.08. The molecule has 0 atom stereocenters. The smallest absolute Gasteiger partial charge is 0.261 e. The molecule has 2 aromatic heterocycles. The van der Waals surface area contributed by atoms with E-state index in [0.29, 0.717) is 22.6 Å². The Morgan fingerprint density at radius 1 is 1.13 bits per heavy atom. The van der Waals surface area contributed by atoms with Crippen molar-refractivity contribution in [2.45, 2.75) is 24.8 Å². The first-order valence-electron chi connectivity index (χ1n) is 9.63. The second-order valence-corrected chi connectivity index (χ2v) is 9.22. The molecule has 2 amide bonds. The van der Waals surface area contributed by atoms with E-state index < -0.39 is 10.0 Å². The second-order valence-electron chi connectivity index (χ2n) is 7.28. The minimum atomic E-state index is -3.87. The first-order valence-corrected chi connectivity index (χ1v) is 11.1. The Bertz CT molecular complexity index is 1210. The Kier molecular flexibility index (Phi) is 5.46. The lowest BCUT2D eigenvalue weighted by Gasteiger charge is -2.21. The molecule has 0 fully saturated rings. The predicted octanol–water partition coefficient (Wildman–Crippen LogP) is 1.59. The number of fused-ring (bicyclic) bond motifs is 1. The van der Waals surface area contributed by atoms with E-state index in [2.05, 4.69) is 10.3 Å². The van der Waals surface area contributed by atoms with Gasteiger partial charge in [-0.05, 0) is 25.5 Å². The van der Waals surface area contributed by atoms with Gasteiger partial charge < -0.3 is 4.52 Å². The Labute approximate surface area is 179 Å². The van der Waals surface area contributed by atoms with E-state index in [9.17, 15) is 18.0 Å². The third-order valence-corrected chi connectivity index (χ3v) is 6.79. The molecule has 1 aromatic carbocycles. The van der Waals surface area contributed by atoms with Gasteiger partial charge in [0.1, 0.15) is 4.90 Å². The Morgan fingerprint density at radius 3 is 2.35 bits per heavy atom. The van der Waals surface area contributed by atoms with Gasteiger partial charge in [0.25, 0.3) is 11.8 Å². The number of hydrogen-bond donors (Lipinski definition) is 0. The van der Waals surface area contributed by atoms with Crippen LogP contribution in [0.3, 0.4) is 0 Å². The van der Waals surface area contributed by atoms with E-state index in [1.165, 1.54) is 21.4 Å². The summed E-state index contributed by atoms with van der Waals surface area (Å²) in [6.07, 6.45) is 2.95. The number of imide groups is 1. The highest BCUT2D eigenvalue weighted by atomic mass is 32.2. The number of rotatable bonds is 8. The number of aryl methyl sites for hydroxylation is 2. The van der Waals surface area contributed by atoms with Crippen LogP contribution in [0.2, 0.25) is 0 Å². The maximum Gasteiger partial charge on any atom is 0.261 e. The number of hydrogen-bond acceptors (Lipinski definition) is 7. The highest BCUT2D eigenvalue weighted by Crippen LogP contribution is 2.23. The van der Waals surface area contributed by atoms with Crippen molar-refractivity contribution >= 4 is 21.8 Å². The number of benzene rings is 1. The Morgan fingerprint density at radius 2 is 1.81 bits per heavy atom. The van der Waals surface area contributed by atoms with Gasteiger partial charge in [-0.1, -0.05) is 17.3 Å². The first kappa shape index (κ1) is 20.9. The van der Waals surface area contributed by atoms with Crippen molar-refractivity contribution in [3.8, 4) is 0 Å². The maximum atomic E-state index is 13.2. The lowest BCUT2D eigenvalue weighted by molar-refractivity contribution is 0.0650. The van der Waals surface area contributed by atoms with Gasteiger partial charge in [0.15, 0.2) is 5.76 Å². The Balaban J connectivity index is 1.50. The third kappa shape index (κ3) is 4.01. The van der Waals surface area contributed by atoms with E-state index in [-0.39, 0.29) is 42.8 Å². The van der Waals surface area contributed by atoms with Crippen molar-refractivity contribution in [1.82, 2.24) is 24.1 Å². The van der Waals surface area contributed by atoms with Crippen molar-refractivity contribution in [2.24, 2.45) is 7.05 Å². The van der Waals surface area contributed by atoms with Crippen molar-refractivity contribution in [3.05, 3.63) is 65.3 Å². The molecule has 11 heteroatoms. The van der Waals surface area contributed by atoms with Crippen LogP contribution in [-0.4, -0.2) is 57.5 Å². The topological polar surface area (TPSA) is 119 Å². The molecule has 31 heavy (non-hydrogen) atoms.